The van der Waals surface area contributed by atoms with E-state index in [2.05, 4.69) is 10.3 Å². The molecule has 1 amide bonds. The molecule has 0 aliphatic heterocycles. The first kappa shape index (κ1) is 16.3. The Bertz CT molecular complexity index is 785. The second-order valence-corrected chi connectivity index (χ2v) is 6.34. The van der Waals surface area contributed by atoms with E-state index >= 15 is 0 Å². The topological polar surface area (TPSA) is 105 Å². The van der Waals surface area contributed by atoms with Gasteiger partial charge in [-0.3, -0.25) is 14.9 Å². The molecule has 0 bridgehead atoms. The van der Waals surface area contributed by atoms with Gasteiger partial charge in [0.25, 0.3) is 11.6 Å². The van der Waals surface area contributed by atoms with Gasteiger partial charge in [0, 0.05) is 41.6 Å². The zero-order valence-electron chi connectivity index (χ0n) is 12.6. The standard InChI is InChI=1S/C16H15N3O4S/c20-8-10-1-4-12(7-10)17-15(21)14-9-24-16(18-14)11-2-5-13(6-3-11)19(22)23/h1-6,9-10,12,20H,7-8H2,(H,17,21)/t10-,12+/m0/s1. The summed E-state index contributed by atoms with van der Waals surface area (Å²) >= 11 is 1.31. The number of aliphatic hydroxyl groups is 1. The van der Waals surface area contributed by atoms with Gasteiger partial charge in [0.1, 0.15) is 10.7 Å². The first-order valence-electron chi connectivity index (χ1n) is 7.37. The minimum Gasteiger partial charge on any atom is -0.396 e. The molecule has 0 fully saturated rings. The molecule has 1 heterocycles. The largest absolute Gasteiger partial charge is 0.396 e. The average molecular weight is 345 g/mol. The lowest BCUT2D eigenvalue weighted by Crippen LogP contribution is -2.33. The molecule has 0 unspecified atom stereocenters. The van der Waals surface area contributed by atoms with Crippen LogP contribution >= 0.6 is 11.3 Å². The lowest BCUT2D eigenvalue weighted by Gasteiger charge is -2.11. The van der Waals surface area contributed by atoms with E-state index in [1.807, 2.05) is 12.2 Å². The van der Waals surface area contributed by atoms with Crippen LogP contribution in [0.2, 0.25) is 0 Å². The molecule has 2 atom stereocenters. The Morgan fingerprint density at radius 1 is 1.38 bits per heavy atom. The van der Waals surface area contributed by atoms with Gasteiger partial charge in [-0.2, -0.15) is 0 Å². The van der Waals surface area contributed by atoms with Gasteiger partial charge in [-0.1, -0.05) is 12.2 Å². The van der Waals surface area contributed by atoms with Gasteiger partial charge in [-0.05, 0) is 18.6 Å². The number of aromatic nitrogens is 1. The Labute approximate surface area is 141 Å². The van der Waals surface area contributed by atoms with Crippen molar-refractivity contribution in [2.24, 2.45) is 5.92 Å². The maximum Gasteiger partial charge on any atom is 0.271 e. The van der Waals surface area contributed by atoms with Crippen molar-refractivity contribution in [1.29, 1.82) is 0 Å². The molecular weight excluding hydrogens is 330 g/mol. The molecule has 1 aromatic heterocycles. The molecule has 7 nitrogen and oxygen atoms in total. The Morgan fingerprint density at radius 2 is 2.12 bits per heavy atom. The summed E-state index contributed by atoms with van der Waals surface area (Å²) in [6.07, 6.45) is 4.46. The van der Waals surface area contributed by atoms with Crippen LogP contribution in [0.1, 0.15) is 16.9 Å². The van der Waals surface area contributed by atoms with Crippen molar-refractivity contribution in [2.45, 2.75) is 12.5 Å². The number of aliphatic hydroxyl groups excluding tert-OH is 1. The van der Waals surface area contributed by atoms with Gasteiger partial charge in [0.15, 0.2) is 0 Å². The van der Waals surface area contributed by atoms with E-state index in [-0.39, 0.29) is 30.2 Å². The molecule has 8 heteroatoms. The van der Waals surface area contributed by atoms with E-state index in [4.69, 9.17) is 5.11 Å². The highest BCUT2D eigenvalue weighted by Gasteiger charge is 2.21. The number of nitrogens with one attached hydrogen (secondary N) is 1. The van der Waals surface area contributed by atoms with Crippen LogP contribution in [0, 0.1) is 16.0 Å². The highest BCUT2D eigenvalue weighted by atomic mass is 32.1. The zero-order valence-corrected chi connectivity index (χ0v) is 13.4. The maximum absolute atomic E-state index is 12.2. The number of nitro benzene ring substituents is 1. The average Bonchev–Trinajstić information content (AvgIpc) is 3.24. The number of non-ortho nitro benzene ring substituents is 1. The Balaban J connectivity index is 1.67. The van der Waals surface area contributed by atoms with Gasteiger partial charge in [0.05, 0.1) is 4.92 Å². The van der Waals surface area contributed by atoms with Crippen molar-refractivity contribution in [3.63, 3.8) is 0 Å². The summed E-state index contributed by atoms with van der Waals surface area (Å²) in [5, 5.41) is 24.9. The Kier molecular flexibility index (Phi) is 4.68. The number of hydrogen-bond donors (Lipinski definition) is 2. The number of amides is 1. The predicted molar refractivity (Wildman–Crippen MR) is 89.8 cm³/mol. The number of carbonyl (C=O) groups is 1. The van der Waals surface area contributed by atoms with Crippen LogP contribution in [-0.2, 0) is 0 Å². The van der Waals surface area contributed by atoms with Crippen molar-refractivity contribution in [3.05, 3.63) is 57.6 Å². The van der Waals surface area contributed by atoms with Gasteiger partial charge in [-0.15, -0.1) is 11.3 Å². The fraction of sp³-hybridized carbons (Fsp3) is 0.250. The highest BCUT2D eigenvalue weighted by Crippen LogP contribution is 2.26. The molecule has 2 N–H and O–H groups in total. The van der Waals surface area contributed by atoms with E-state index < -0.39 is 4.92 Å². The molecule has 24 heavy (non-hydrogen) atoms. The Hall–Kier alpha value is -2.58. The molecule has 1 aliphatic rings. The van der Waals surface area contributed by atoms with Crippen LogP contribution in [0.4, 0.5) is 5.69 Å². The number of hydrogen-bond acceptors (Lipinski definition) is 6. The normalized spacial score (nSPS) is 19.4. The Morgan fingerprint density at radius 3 is 2.75 bits per heavy atom. The van der Waals surface area contributed by atoms with E-state index in [1.54, 1.807) is 17.5 Å². The van der Waals surface area contributed by atoms with Crippen molar-refractivity contribution in [2.75, 3.05) is 6.61 Å². The minimum atomic E-state index is -0.459. The van der Waals surface area contributed by atoms with E-state index in [0.29, 0.717) is 17.1 Å². The molecule has 0 saturated carbocycles. The third kappa shape index (κ3) is 3.50. The fourth-order valence-corrected chi connectivity index (χ4v) is 3.30. The molecule has 0 saturated heterocycles. The van der Waals surface area contributed by atoms with Crippen LogP contribution in [0.25, 0.3) is 10.6 Å². The minimum absolute atomic E-state index is 0.0136. The molecule has 124 valence electrons. The number of nitrogens with zero attached hydrogens (tertiary/aromatic N) is 2. The van der Waals surface area contributed by atoms with E-state index in [0.717, 1.165) is 5.56 Å². The molecule has 1 aromatic carbocycles. The third-order valence-corrected chi connectivity index (χ3v) is 4.68. The van der Waals surface area contributed by atoms with Crippen LogP contribution in [-0.4, -0.2) is 33.6 Å². The zero-order chi connectivity index (χ0) is 17.1. The maximum atomic E-state index is 12.2. The number of thiazole rings is 1. The van der Waals surface area contributed by atoms with Gasteiger partial charge < -0.3 is 10.4 Å². The predicted octanol–water partition coefficient (Wildman–Crippen LogP) is 2.39. The van der Waals surface area contributed by atoms with Crippen molar-refractivity contribution >= 4 is 22.9 Å². The molecule has 1 aliphatic carbocycles. The molecular formula is C16H15N3O4S. The molecule has 0 radical (unpaired) electrons. The number of nitro groups is 1. The van der Waals surface area contributed by atoms with Crippen LogP contribution < -0.4 is 5.32 Å². The van der Waals surface area contributed by atoms with Crippen molar-refractivity contribution in [3.8, 4) is 10.6 Å². The van der Waals surface area contributed by atoms with Crippen LogP contribution in [0.3, 0.4) is 0 Å². The summed E-state index contributed by atoms with van der Waals surface area (Å²) in [6.45, 7) is 0.0733. The van der Waals surface area contributed by atoms with Crippen LogP contribution in [0.15, 0.2) is 41.8 Å². The van der Waals surface area contributed by atoms with Crippen LogP contribution in [0.5, 0.6) is 0 Å². The number of carbonyl (C=O) groups excluding carboxylic acids is 1. The van der Waals surface area contributed by atoms with E-state index in [1.165, 1.54) is 23.5 Å². The SMILES string of the molecule is O=C(N[C@@H]1C=C[C@H](CO)C1)c1csc(-c2ccc([N+](=O)[O-])cc2)n1. The van der Waals surface area contributed by atoms with Gasteiger partial charge in [-0.25, -0.2) is 4.98 Å². The lowest BCUT2D eigenvalue weighted by molar-refractivity contribution is -0.384. The fourth-order valence-electron chi connectivity index (χ4n) is 2.50. The quantitative estimate of drug-likeness (QED) is 0.492. The number of benzene rings is 1. The van der Waals surface area contributed by atoms with Gasteiger partial charge >= 0.3 is 0 Å². The first-order valence-corrected chi connectivity index (χ1v) is 8.25. The summed E-state index contributed by atoms with van der Waals surface area (Å²) < 4.78 is 0. The first-order chi connectivity index (χ1) is 11.6. The summed E-state index contributed by atoms with van der Waals surface area (Å²) in [7, 11) is 0. The van der Waals surface area contributed by atoms with E-state index in [9.17, 15) is 14.9 Å². The summed E-state index contributed by atoms with van der Waals surface area (Å²) in [5.41, 5.74) is 1.06. The molecule has 3 rings (SSSR count). The third-order valence-electron chi connectivity index (χ3n) is 3.79. The summed E-state index contributed by atoms with van der Waals surface area (Å²) in [6, 6.07) is 5.96. The summed E-state index contributed by atoms with van der Waals surface area (Å²) in [4.78, 5) is 26.7. The van der Waals surface area contributed by atoms with Crippen molar-refractivity contribution in [1.82, 2.24) is 10.3 Å². The molecule has 0 spiro atoms. The van der Waals surface area contributed by atoms with Crippen molar-refractivity contribution < 1.29 is 14.8 Å². The van der Waals surface area contributed by atoms with Gasteiger partial charge in [0.2, 0.25) is 0 Å². The smallest absolute Gasteiger partial charge is 0.271 e. The molecule has 2 aromatic rings. The monoisotopic (exact) mass is 345 g/mol. The highest BCUT2D eigenvalue weighted by molar-refractivity contribution is 7.13. The summed E-state index contributed by atoms with van der Waals surface area (Å²) in [5.74, 6) is -0.186. The number of rotatable bonds is 5. The second kappa shape index (κ2) is 6.90. The second-order valence-electron chi connectivity index (χ2n) is 5.49. The lowest BCUT2D eigenvalue weighted by atomic mass is 10.1.